The number of likely N-dealkylation sites (tertiary alicyclic amines) is 1. The average Bonchev–Trinajstić information content (AvgIpc) is 2.30. The van der Waals surface area contributed by atoms with Crippen LogP contribution in [0.25, 0.3) is 0 Å². The highest BCUT2D eigenvalue weighted by atomic mass is 19.1. The van der Waals surface area contributed by atoms with Crippen LogP contribution in [0, 0.1) is 0 Å². The number of hydrogen-bond acceptors (Lipinski definition) is 3. The van der Waals surface area contributed by atoms with Gasteiger partial charge in [0.05, 0.1) is 12.5 Å². The predicted octanol–water partition coefficient (Wildman–Crippen LogP) is -0.697. The van der Waals surface area contributed by atoms with Gasteiger partial charge in [0, 0.05) is 13.6 Å². The molecule has 5 heteroatoms. The molecular weight excluding hydrogens is 163 g/mol. The Bertz CT molecular complexity index is 208. The number of imide groups is 1. The molecule has 4 nitrogen and oxygen atoms in total. The molecule has 0 aromatic rings. The van der Waals surface area contributed by atoms with Crippen LogP contribution in [-0.2, 0) is 9.59 Å². The number of rotatable bonds is 3. The third kappa shape index (κ3) is 1.61. The fourth-order valence-electron chi connectivity index (χ4n) is 1.14. The molecule has 1 N–H and O–H groups in total. The molecule has 1 fully saturated rings. The standard InChI is InChI=1S/C7H11FN2O2/c1-10-6(11)4-5(7(10)12)9-3-2-8/h5,9H,2-4H2,1H3. The zero-order valence-corrected chi connectivity index (χ0v) is 6.84. The fraction of sp³-hybridized carbons (Fsp3) is 0.714. The molecule has 0 aliphatic carbocycles. The van der Waals surface area contributed by atoms with Gasteiger partial charge in [0.25, 0.3) is 0 Å². The molecule has 0 aromatic carbocycles. The fourth-order valence-corrected chi connectivity index (χ4v) is 1.14. The molecule has 0 radical (unpaired) electrons. The van der Waals surface area contributed by atoms with Gasteiger partial charge in [-0.3, -0.25) is 14.5 Å². The summed E-state index contributed by atoms with van der Waals surface area (Å²) in [5.41, 5.74) is 0. The predicted molar refractivity (Wildman–Crippen MR) is 40.2 cm³/mol. The summed E-state index contributed by atoms with van der Waals surface area (Å²) in [5, 5.41) is 2.65. The van der Waals surface area contributed by atoms with E-state index in [4.69, 9.17) is 0 Å². The molecule has 0 spiro atoms. The Morgan fingerprint density at radius 3 is 2.75 bits per heavy atom. The van der Waals surface area contributed by atoms with E-state index in [0.717, 1.165) is 4.90 Å². The van der Waals surface area contributed by atoms with Crippen molar-refractivity contribution >= 4 is 11.8 Å². The molecule has 68 valence electrons. The Kier molecular flexibility index (Phi) is 2.75. The van der Waals surface area contributed by atoms with Gasteiger partial charge >= 0.3 is 0 Å². The maximum atomic E-state index is 11.7. The second-order valence-electron chi connectivity index (χ2n) is 2.69. The normalized spacial score (nSPS) is 23.8. The molecule has 0 aromatic heterocycles. The van der Waals surface area contributed by atoms with Gasteiger partial charge in [-0.2, -0.15) is 0 Å². The number of nitrogens with zero attached hydrogens (tertiary/aromatic N) is 1. The van der Waals surface area contributed by atoms with Crippen molar-refractivity contribution in [2.24, 2.45) is 0 Å². The summed E-state index contributed by atoms with van der Waals surface area (Å²) < 4.78 is 11.7. The number of hydrogen-bond donors (Lipinski definition) is 1. The van der Waals surface area contributed by atoms with Gasteiger partial charge in [0.15, 0.2) is 0 Å². The quantitative estimate of drug-likeness (QED) is 0.576. The molecular formula is C7H11FN2O2. The maximum Gasteiger partial charge on any atom is 0.246 e. The van der Waals surface area contributed by atoms with Crippen LogP contribution in [0.3, 0.4) is 0 Å². The number of halogens is 1. The van der Waals surface area contributed by atoms with Crippen molar-refractivity contribution in [3.63, 3.8) is 0 Å². The van der Waals surface area contributed by atoms with Crippen molar-refractivity contribution in [3.8, 4) is 0 Å². The van der Waals surface area contributed by atoms with E-state index < -0.39 is 12.7 Å². The maximum absolute atomic E-state index is 11.7. The van der Waals surface area contributed by atoms with Gasteiger partial charge in [-0.1, -0.05) is 0 Å². The van der Waals surface area contributed by atoms with Gasteiger partial charge < -0.3 is 5.32 Å². The Morgan fingerprint density at radius 2 is 2.33 bits per heavy atom. The van der Waals surface area contributed by atoms with Gasteiger partial charge in [-0.05, 0) is 0 Å². The Balaban J connectivity index is 2.47. The molecule has 1 heterocycles. The topological polar surface area (TPSA) is 49.4 Å². The van der Waals surface area contributed by atoms with E-state index in [1.54, 1.807) is 0 Å². The first-order valence-electron chi connectivity index (χ1n) is 3.76. The minimum absolute atomic E-state index is 0.123. The average molecular weight is 174 g/mol. The zero-order chi connectivity index (χ0) is 9.14. The Hall–Kier alpha value is -0.970. The Morgan fingerprint density at radius 1 is 1.67 bits per heavy atom. The van der Waals surface area contributed by atoms with Crippen LogP contribution in [0.4, 0.5) is 4.39 Å². The van der Waals surface area contributed by atoms with E-state index in [9.17, 15) is 14.0 Å². The number of nitrogens with one attached hydrogen (secondary N) is 1. The van der Waals surface area contributed by atoms with Crippen LogP contribution in [0.15, 0.2) is 0 Å². The lowest BCUT2D eigenvalue weighted by Crippen LogP contribution is -2.38. The summed E-state index contributed by atoms with van der Waals surface area (Å²) in [4.78, 5) is 23.1. The minimum Gasteiger partial charge on any atom is -0.303 e. The summed E-state index contributed by atoms with van der Waals surface area (Å²) in [6.45, 7) is -0.404. The number of carbonyl (C=O) groups excluding carboxylic acids is 2. The third-order valence-electron chi connectivity index (χ3n) is 1.87. The first-order valence-corrected chi connectivity index (χ1v) is 3.76. The molecule has 1 atom stereocenters. The van der Waals surface area contributed by atoms with E-state index in [2.05, 4.69) is 5.32 Å². The summed E-state index contributed by atoms with van der Waals surface area (Å²) in [6, 6.07) is -0.516. The second-order valence-corrected chi connectivity index (χ2v) is 2.69. The monoisotopic (exact) mass is 174 g/mol. The molecule has 1 unspecified atom stereocenters. The number of likely N-dealkylation sites (N-methyl/N-ethyl adjacent to an activating group) is 1. The van der Waals surface area contributed by atoms with Crippen molar-refractivity contribution < 1.29 is 14.0 Å². The molecule has 12 heavy (non-hydrogen) atoms. The van der Waals surface area contributed by atoms with Crippen molar-refractivity contribution in [2.45, 2.75) is 12.5 Å². The van der Waals surface area contributed by atoms with E-state index in [1.807, 2.05) is 0 Å². The lowest BCUT2D eigenvalue weighted by atomic mass is 10.2. The van der Waals surface area contributed by atoms with E-state index >= 15 is 0 Å². The lowest BCUT2D eigenvalue weighted by Gasteiger charge is -2.08. The molecule has 2 amide bonds. The highest BCUT2D eigenvalue weighted by Crippen LogP contribution is 2.09. The Labute approximate surface area is 69.7 Å². The molecule has 1 rings (SSSR count). The molecule has 0 bridgehead atoms. The van der Waals surface area contributed by atoms with Gasteiger partial charge in [0.2, 0.25) is 11.8 Å². The van der Waals surface area contributed by atoms with Crippen molar-refractivity contribution in [1.82, 2.24) is 10.2 Å². The summed E-state index contributed by atoms with van der Waals surface area (Å²) >= 11 is 0. The van der Waals surface area contributed by atoms with Crippen LogP contribution >= 0.6 is 0 Å². The van der Waals surface area contributed by atoms with Crippen LogP contribution in [0.2, 0.25) is 0 Å². The van der Waals surface area contributed by atoms with Gasteiger partial charge in [-0.25, -0.2) is 4.39 Å². The summed E-state index contributed by atoms with van der Waals surface area (Å²) in [5.74, 6) is -0.482. The molecule has 1 saturated heterocycles. The van der Waals surface area contributed by atoms with Gasteiger partial charge in [-0.15, -0.1) is 0 Å². The molecule has 1 aliphatic heterocycles. The largest absolute Gasteiger partial charge is 0.303 e. The molecule has 0 saturated carbocycles. The first-order chi connectivity index (χ1) is 5.66. The summed E-state index contributed by atoms with van der Waals surface area (Å²) in [6.07, 6.45) is 0.148. The van der Waals surface area contributed by atoms with Gasteiger partial charge in [0.1, 0.15) is 6.67 Å². The third-order valence-corrected chi connectivity index (χ3v) is 1.87. The lowest BCUT2D eigenvalue weighted by molar-refractivity contribution is -0.137. The van der Waals surface area contributed by atoms with Crippen molar-refractivity contribution in [2.75, 3.05) is 20.3 Å². The van der Waals surface area contributed by atoms with Crippen LogP contribution in [-0.4, -0.2) is 43.0 Å². The SMILES string of the molecule is CN1C(=O)CC(NCCF)C1=O. The number of alkyl halides is 1. The highest BCUT2D eigenvalue weighted by Gasteiger charge is 2.35. The minimum atomic E-state index is -0.526. The molecule has 1 aliphatic rings. The van der Waals surface area contributed by atoms with E-state index in [0.29, 0.717) is 0 Å². The van der Waals surface area contributed by atoms with E-state index in [-0.39, 0.29) is 24.8 Å². The van der Waals surface area contributed by atoms with Crippen LogP contribution in [0.5, 0.6) is 0 Å². The smallest absolute Gasteiger partial charge is 0.246 e. The van der Waals surface area contributed by atoms with Crippen molar-refractivity contribution in [3.05, 3.63) is 0 Å². The summed E-state index contributed by atoms with van der Waals surface area (Å²) in [7, 11) is 1.43. The second kappa shape index (κ2) is 3.62. The van der Waals surface area contributed by atoms with E-state index in [1.165, 1.54) is 7.05 Å². The highest BCUT2D eigenvalue weighted by molar-refractivity contribution is 6.05. The van der Waals surface area contributed by atoms with Crippen LogP contribution in [0.1, 0.15) is 6.42 Å². The van der Waals surface area contributed by atoms with Crippen LogP contribution < -0.4 is 5.32 Å². The zero-order valence-electron chi connectivity index (χ0n) is 6.84. The number of amides is 2. The van der Waals surface area contributed by atoms with Crippen molar-refractivity contribution in [1.29, 1.82) is 0 Å². The first kappa shape index (κ1) is 9.12. The number of carbonyl (C=O) groups is 2.